The molecule has 20 heavy (non-hydrogen) atoms. The monoisotopic (exact) mass is 276 g/mol. The Morgan fingerprint density at radius 3 is 3.20 bits per heavy atom. The molecule has 3 rings (SSSR count). The quantitative estimate of drug-likeness (QED) is 0.834. The fourth-order valence-electron chi connectivity index (χ4n) is 2.40. The number of nitrogens with zero attached hydrogens (tertiary/aromatic N) is 4. The van der Waals surface area contributed by atoms with Crippen molar-refractivity contribution in [1.29, 1.82) is 0 Å². The van der Waals surface area contributed by atoms with Crippen LogP contribution in [-0.2, 0) is 11.8 Å². The third-order valence-corrected chi connectivity index (χ3v) is 3.32. The summed E-state index contributed by atoms with van der Waals surface area (Å²) in [4.78, 5) is 15.9. The smallest absolute Gasteiger partial charge is 0.288 e. The molecule has 2 N–H and O–H groups in total. The van der Waals surface area contributed by atoms with E-state index in [1.54, 1.807) is 10.9 Å². The number of rotatable bonds is 3. The maximum absolute atomic E-state index is 12.0. The third-order valence-electron chi connectivity index (χ3n) is 3.32. The van der Waals surface area contributed by atoms with Gasteiger partial charge in [-0.1, -0.05) is 0 Å². The van der Waals surface area contributed by atoms with Gasteiger partial charge >= 0.3 is 0 Å². The zero-order valence-electron chi connectivity index (χ0n) is 11.1. The second-order valence-electron chi connectivity index (χ2n) is 4.79. The van der Waals surface area contributed by atoms with E-state index < -0.39 is 0 Å². The van der Waals surface area contributed by atoms with E-state index in [1.165, 1.54) is 6.33 Å². The summed E-state index contributed by atoms with van der Waals surface area (Å²) in [5.74, 6) is -0.0626. The molecule has 1 fully saturated rings. The largest absolute Gasteiger partial charge is 0.371 e. The first-order valence-electron chi connectivity index (χ1n) is 6.50. The number of aryl methyl sites for hydroxylation is 1. The Hall–Kier alpha value is -2.22. The van der Waals surface area contributed by atoms with Gasteiger partial charge in [-0.3, -0.25) is 14.6 Å². The molecule has 0 aliphatic carbocycles. The van der Waals surface area contributed by atoms with Crippen LogP contribution in [0.25, 0.3) is 0 Å². The number of H-pyrrole nitrogens is 1. The number of carbonyl (C=O) groups is 1. The number of amides is 1. The van der Waals surface area contributed by atoms with E-state index in [2.05, 4.69) is 25.6 Å². The SMILES string of the molecule is Cn1cc([C@H]2OCCC[C@@H]2NC(=O)c2ncn[nH]2)cn1. The summed E-state index contributed by atoms with van der Waals surface area (Å²) in [6.07, 6.45) is 6.58. The van der Waals surface area contributed by atoms with Crippen molar-refractivity contribution < 1.29 is 9.53 Å². The topological polar surface area (TPSA) is 97.7 Å². The Balaban J connectivity index is 1.74. The van der Waals surface area contributed by atoms with E-state index in [1.807, 2.05) is 13.2 Å². The van der Waals surface area contributed by atoms with E-state index in [0.717, 1.165) is 18.4 Å². The molecular formula is C12H16N6O2. The highest BCUT2D eigenvalue weighted by Gasteiger charge is 2.30. The van der Waals surface area contributed by atoms with Gasteiger partial charge in [0.25, 0.3) is 5.91 Å². The minimum Gasteiger partial charge on any atom is -0.371 e. The van der Waals surface area contributed by atoms with Gasteiger partial charge in [-0.2, -0.15) is 10.2 Å². The lowest BCUT2D eigenvalue weighted by Gasteiger charge is -2.31. The summed E-state index contributed by atoms with van der Waals surface area (Å²) >= 11 is 0. The number of nitrogens with one attached hydrogen (secondary N) is 2. The number of carbonyl (C=O) groups excluding carboxylic acids is 1. The molecule has 1 aliphatic heterocycles. The number of hydrogen-bond acceptors (Lipinski definition) is 5. The first-order valence-corrected chi connectivity index (χ1v) is 6.50. The van der Waals surface area contributed by atoms with Gasteiger partial charge in [0.1, 0.15) is 12.4 Å². The summed E-state index contributed by atoms with van der Waals surface area (Å²) in [5, 5.41) is 13.3. The summed E-state index contributed by atoms with van der Waals surface area (Å²) in [6.45, 7) is 0.689. The van der Waals surface area contributed by atoms with Crippen LogP contribution in [0.5, 0.6) is 0 Å². The van der Waals surface area contributed by atoms with Crippen molar-refractivity contribution in [3.05, 3.63) is 30.1 Å². The van der Waals surface area contributed by atoms with Crippen molar-refractivity contribution in [2.75, 3.05) is 6.61 Å². The molecule has 8 nitrogen and oxygen atoms in total. The predicted octanol–water partition coefficient (Wildman–Crippen LogP) is 0.188. The maximum atomic E-state index is 12.0. The van der Waals surface area contributed by atoms with Gasteiger partial charge in [-0.05, 0) is 12.8 Å². The molecule has 3 heterocycles. The summed E-state index contributed by atoms with van der Waals surface area (Å²) in [6, 6.07) is -0.0921. The Bertz CT molecular complexity index is 579. The van der Waals surface area contributed by atoms with Crippen molar-refractivity contribution in [2.45, 2.75) is 25.0 Å². The predicted molar refractivity (Wildman–Crippen MR) is 68.8 cm³/mol. The first kappa shape index (κ1) is 12.8. The second-order valence-corrected chi connectivity index (χ2v) is 4.79. The van der Waals surface area contributed by atoms with Crippen LogP contribution in [0.4, 0.5) is 0 Å². The first-order chi connectivity index (χ1) is 9.74. The Morgan fingerprint density at radius 1 is 1.60 bits per heavy atom. The molecule has 0 aromatic carbocycles. The van der Waals surface area contributed by atoms with Crippen LogP contribution in [0.3, 0.4) is 0 Å². The van der Waals surface area contributed by atoms with Gasteiger partial charge in [-0.15, -0.1) is 0 Å². The molecule has 0 unspecified atom stereocenters. The normalized spacial score (nSPS) is 22.6. The van der Waals surface area contributed by atoms with E-state index in [-0.39, 0.29) is 23.9 Å². The van der Waals surface area contributed by atoms with Gasteiger partial charge in [0.05, 0.1) is 12.2 Å². The van der Waals surface area contributed by atoms with Crippen molar-refractivity contribution in [3.8, 4) is 0 Å². The molecule has 2 aromatic heterocycles. The van der Waals surface area contributed by atoms with E-state index in [9.17, 15) is 4.79 Å². The number of ether oxygens (including phenoxy) is 1. The van der Waals surface area contributed by atoms with Gasteiger partial charge in [0.2, 0.25) is 5.82 Å². The highest BCUT2D eigenvalue weighted by molar-refractivity contribution is 5.90. The van der Waals surface area contributed by atoms with Crippen molar-refractivity contribution >= 4 is 5.91 Å². The lowest BCUT2D eigenvalue weighted by atomic mass is 9.98. The number of aromatic amines is 1. The fourth-order valence-corrected chi connectivity index (χ4v) is 2.40. The summed E-state index contributed by atoms with van der Waals surface area (Å²) in [5.41, 5.74) is 0.968. The molecule has 0 spiro atoms. The average Bonchev–Trinajstić information content (AvgIpc) is 3.10. The van der Waals surface area contributed by atoms with E-state index in [4.69, 9.17) is 4.74 Å². The molecule has 1 saturated heterocycles. The van der Waals surface area contributed by atoms with Crippen LogP contribution in [0.15, 0.2) is 18.7 Å². The average molecular weight is 276 g/mol. The molecule has 2 atom stereocenters. The van der Waals surface area contributed by atoms with Crippen LogP contribution < -0.4 is 5.32 Å². The highest BCUT2D eigenvalue weighted by atomic mass is 16.5. The van der Waals surface area contributed by atoms with Crippen LogP contribution in [-0.4, -0.2) is 43.5 Å². The van der Waals surface area contributed by atoms with Crippen LogP contribution >= 0.6 is 0 Å². The fraction of sp³-hybridized carbons (Fsp3) is 0.500. The Morgan fingerprint density at radius 2 is 2.50 bits per heavy atom. The maximum Gasteiger partial charge on any atom is 0.288 e. The van der Waals surface area contributed by atoms with Gasteiger partial charge < -0.3 is 10.1 Å². The highest BCUT2D eigenvalue weighted by Crippen LogP contribution is 2.28. The van der Waals surface area contributed by atoms with Crippen molar-refractivity contribution in [3.63, 3.8) is 0 Å². The third kappa shape index (κ3) is 2.55. The van der Waals surface area contributed by atoms with Crippen molar-refractivity contribution in [2.24, 2.45) is 7.05 Å². The zero-order chi connectivity index (χ0) is 13.9. The minimum atomic E-state index is -0.271. The van der Waals surface area contributed by atoms with Gasteiger partial charge in [0.15, 0.2) is 0 Å². The molecule has 1 amide bonds. The molecule has 0 radical (unpaired) electrons. The van der Waals surface area contributed by atoms with Crippen LogP contribution in [0.2, 0.25) is 0 Å². The summed E-state index contributed by atoms with van der Waals surface area (Å²) in [7, 11) is 1.86. The zero-order valence-corrected chi connectivity index (χ0v) is 11.1. The Kier molecular flexibility index (Phi) is 3.46. The molecule has 1 aliphatic rings. The Labute approximate surface area is 115 Å². The van der Waals surface area contributed by atoms with Crippen molar-refractivity contribution in [1.82, 2.24) is 30.3 Å². The second kappa shape index (κ2) is 5.41. The number of aromatic nitrogens is 5. The molecule has 2 aromatic rings. The molecule has 8 heteroatoms. The standard InChI is InChI=1S/C12H16N6O2/c1-18-6-8(5-15-18)10-9(3-2-4-20-10)16-12(19)11-13-7-14-17-11/h5-7,9-10H,2-4H2,1H3,(H,16,19)(H,13,14,17)/t9-,10+/m0/s1. The van der Waals surface area contributed by atoms with E-state index in [0.29, 0.717) is 6.61 Å². The summed E-state index contributed by atoms with van der Waals surface area (Å²) < 4.78 is 7.52. The molecular weight excluding hydrogens is 260 g/mol. The lowest BCUT2D eigenvalue weighted by molar-refractivity contribution is -0.00960. The molecule has 106 valence electrons. The minimum absolute atomic E-state index is 0.0921. The number of hydrogen-bond donors (Lipinski definition) is 2. The van der Waals surface area contributed by atoms with Crippen LogP contribution in [0.1, 0.15) is 35.1 Å². The molecule has 0 saturated carbocycles. The lowest BCUT2D eigenvalue weighted by Crippen LogP contribution is -2.43. The van der Waals surface area contributed by atoms with Crippen LogP contribution in [0, 0.1) is 0 Å². The molecule has 0 bridgehead atoms. The van der Waals surface area contributed by atoms with Gasteiger partial charge in [0, 0.05) is 25.4 Å². The van der Waals surface area contributed by atoms with E-state index >= 15 is 0 Å². The van der Waals surface area contributed by atoms with Gasteiger partial charge in [-0.25, -0.2) is 4.98 Å².